The minimum Gasteiger partial charge on any atom is -0.465 e. The van der Waals surface area contributed by atoms with E-state index in [0.29, 0.717) is 30.1 Å². The SMILES string of the molecule is COC(=O)c1cc(NCCc2ncno2)cc(C)c1N. The summed E-state index contributed by atoms with van der Waals surface area (Å²) in [6, 6.07) is 3.54. The Labute approximate surface area is 116 Å². The van der Waals surface area contributed by atoms with E-state index >= 15 is 0 Å². The van der Waals surface area contributed by atoms with Gasteiger partial charge in [0.05, 0.1) is 12.7 Å². The highest BCUT2D eigenvalue weighted by Crippen LogP contribution is 2.23. The Morgan fingerprint density at radius 1 is 1.50 bits per heavy atom. The number of nitrogens with two attached hydrogens (primary N) is 1. The highest BCUT2D eigenvalue weighted by molar-refractivity contribution is 5.97. The zero-order valence-electron chi connectivity index (χ0n) is 11.3. The van der Waals surface area contributed by atoms with Crippen molar-refractivity contribution in [3.63, 3.8) is 0 Å². The number of anilines is 2. The van der Waals surface area contributed by atoms with Gasteiger partial charge in [-0.3, -0.25) is 0 Å². The van der Waals surface area contributed by atoms with Gasteiger partial charge in [-0.25, -0.2) is 4.79 Å². The fourth-order valence-electron chi connectivity index (χ4n) is 1.80. The molecule has 0 bridgehead atoms. The van der Waals surface area contributed by atoms with E-state index in [-0.39, 0.29) is 0 Å². The Kier molecular flexibility index (Phi) is 4.19. The second-order valence-electron chi connectivity index (χ2n) is 4.26. The van der Waals surface area contributed by atoms with E-state index in [1.165, 1.54) is 13.4 Å². The summed E-state index contributed by atoms with van der Waals surface area (Å²) in [4.78, 5) is 15.6. The first-order chi connectivity index (χ1) is 9.61. The number of hydrogen-bond donors (Lipinski definition) is 2. The van der Waals surface area contributed by atoms with Crippen molar-refractivity contribution in [1.29, 1.82) is 0 Å². The largest absolute Gasteiger partial charge is 0.465 e. The first kappa shape index (κ1) is 13.9. The zero-order chi connectivity index (χ0) is 14.5. The molecule has 0 saturated heterocycles. The normalized spacial score (nSPS) is 10.3. The Morgan fingerprint density at radius 2 is 2.30 bits per heavy atom. The molecule has 0 fully saturated rings. The Morgan fingerprint density at radius 3 is 2.95 bits per heavy atom. The van der Waals surface area contributed by atoms with Crippen LogP contribution in [0.1, 0.15) is 21.8 Å². The topological polar surface area (TPSA) is 103 Å². The van der Waals surface area contributed by atoms with Crippen molar-refractivity contribution in [2.45, 2.75) is 13.3 Å². The number of nitrogens with zero attached hydrogens (tertiary/aromatic N) is 2. The molecular weight excluding hydrogens is 260 g/mol. The Balaban J connectivity index is 2.08. The molecule has 0 aliphatic carbocycles. The number of benzene rings is 1. The second-order valence-corrected chi connectivity index (χ2v) is 4.26. The summed E-state index contributed by atoms with van der Waals surface area (Å²) in [6.07, 6.45) is 1.95. The van der Waals surface area contributed by atoms with Gasteiger partial charge in [0.15, 0.2) is 6.33 Å². The third kappa shape index (κ3) is 3.05. The van der Waals surface area contributed by atoms with Gasteiger partial charge in [-0.05, 0) is 24.6 Å². The van der Waals surface area contributed by atoms with Crippen molar-refractivity contribution in [2.24, 2.45) is 0 Å². The highest BCUT2D eigenvalue weighted by Gasteiger charge is 2.13. The van der Waals surface area contributed by atoms with Crippen LogP contribution in [0.3, 0.4) is 0 Å². The number of nitrogens with one attached hydrogen (secondary N) is 1. The molecule has 3 N–H and O–H groups in total. The summed E-state index contributed by atoms with van der Waals surface area (Å²) in [6.45, 7) is 2.44. The van der Waals surface area contributed by atoms with E-state index in [4.69, 9.17) is 15.0 Å². The van der Waals surface area contributed by atoms with Crippen molar-refractivity contribution >= 4 is 17.3 Å². The summed E-state index contributed by atoms with van der Waals surface area (Å²) in [5.41, 5.74) is 8.26. The number of aromatic nitrogens is 2. The van der Waals surface area contributed by atoms with Gasteiger partial charge in [0, 0.05) is 24.3 Å². The molecule has 0 unspecified atom stereocenters. The quantitative estimate of drug-likeness (QED) is 0.628. The van der Waals surface area contributed by atoms with Crippen LogP contribution < -0.4 is 11.1 Å². The maximum atomic E-state index is 11.6. The maximum Gasteiger partial charge on any atom is 0.340 e. The standard InChI is InChI=1S/C13H16N4O3/c1-8-5-9(6-10(12(8)14)13(18)19-2)15-4-3-11-16-7-17-20-11/h5-7,15H,3-4,14H2,1-2H3. The van der Waals surface area contributed by atoms with E-state index in [9.17, 15) is 4.79 Å². The number of esters is 1. The lowest BCUT2D eigenvalue weighted by atomic mass is 10.1. The number of methoxy groups -OCH3 is 1. The average Bonchev–Trinajstić information content (AvgIpc) is 2.95. The summed E-state index contributed by atoms with van der Waals surface area (Å²) in [5, 5.41) is 6.71. The molecule has 1 heterocycles. The lowest BCUT2D eigenvalue weighted by Crippen LogP contribution is -2.10. The summed E-state index contributed by atoms with van der Waals surface area (Å²) < 4.78 is 9.61. The summed E-state index contributed by atoms with van der Waals surface area (Å²) in [5.74, 6) is 0.101. The second kappa shape index (κ2) is 6.05. The number of carbonyl (C=O) groups is 1. The number of rotatable bonds is 5. The number of hydrogen-bond acceptors (Lipinski definition) is 7. The van der Waals surface area contributed by atoms with Gasteiger partial charge in [-0.1, -0.05) is 5.16 Å². The van der Waals surface area contributed by atoms with E-state index in [1.54, 1.807) is 6.07 Å². The van der Waals surface area contributed by atoms with Gasteiger partial charge in [0.2, 0.25) is 5.89 Å². The van der Waals surface area contributed by atoms with Gasteiger partial charge in [0.1, 0.15) is 0 Å². The third-order valence-corrected chi connectivity index (χ3v) is 2.87. The predicted molar refractivity (Wildman–Crippen MR) is 73.4 cm³/mol. The molecule has 0 amide bonds. The lowest BCUT2D eigenvalue weighted by Gasteiger charge is -2.11. The van der Waals surface area contributed by atoms with Crippen LogP contribution in [0.15, 0.2) is 23.0 Å². The number of aryl methyl sites for hydroxylation is 1. The first-order valence-electron chi connectivity index (χ1n) is 6.09. The van der Waals surface area contributed by atoms with Crippen LogP contribution in [-0.2, 0) is 11.2 Å². The maximum absolute atomic E-state index is 11.6. The average molecular weight is 276 g/mol. The van der Waals surface area contributed by atoms with Crippen LogP contribution in [-0.4, -0.2) is 29.8 Å². The molecule has 2 rings (SSSR count). The fraction of sp³-hybridized carbons (Fsp3) is 0.308. The van der Waals surface area contributed by atoms with E-state index in [1.807, 2.05) is 13.0 Å². The van der Waals surface area contributed by atoms with Gasteiger partial charge in [-0.2, -0.15) is 4.98 Å². The van der Waals surface area contributed by atoms with Crippen molar-refractivity contribution in [1.82, 2.24) is 10.1 Å². The Bertz CT molecular complexity index is 596. The molecule has 0 aliphatic heterocycles. The minimum absolute atomic E-state index is 0.354. The smallest absolute Gasteiger partial charge is 0.340 e. The number of ether oxygens (including phenoxy) is 1. The van der Waals surface area contributed by atoms with Crippen LogP contribution in [0.2, 0.25) is 0 Å². The molecule has 0 atom stereocenters. The number of nitrogen functional groups attached to an aromatic ring is 1. The molecule has 1 aromatic heterocycles. The van der Waals surface area contributed by atoms with E-state index in [2.05, 4.69) is 15.5 Å². The van der Waals surface area contributed by atoms with Gasteiger partial charge < -0.3 is 20.3 Å². The van der Waals surface area contributed by atoms with Crippen molar-refractivity contribution < 1.29 is 14.1 Å². The lowest BCUT2D eigenvalue weighted by molar-refractivity contribution is 0.0602. The molecule has 106 valence electrons. The monoisotopic (exact) mass is 276 g/mol. The van der Waals surface area contributed by atoms with Gasteiger partial charge >= 0.3 is 5.97 Å². The van der Waals surface area contributed by atoms with E-state index < -0.39 is 5.97 Å². The van der Waals surface area contributed by atoms with E-state index in [0.717, 1.165) is 11.3 Å². The summed E-state index contributed by atoms with van der Waals surface area (Å²) in [7, 11) is 1.33. The molecule has 7 nitrogen and oxygen atoms in total. The van der Waals surface area contributed by atoms with Crippen molar-refractivity contribution in [3.05, 3.63) is 35.5 Å². The molecule has 0 saturated carbocycles. The number of carbonyl (C=O) groups excluding carboxylic acids is 1. The zero-order valence-corrected chi connectivity index (χ0v) is 11.3. The van der Waals surface area contributed by atoms with Crippen LogP contribution in [0.25, 0.3) is 0 Å². The molecule has 1 aromatic carbocycles. The van der Waals surface area contributed by atoms with Gasteiger partial charge in [-0.15, -0.1) is 0 Å². The highest BCUT2D eigenvalue weighted by atomic mass is 16.5. The van der Waals surface area contributed by atoms with Crippen LogP contribution in [0.4, 0.5) is 11.4 Å². The molecule has 20 heavy (non-hydrogen) atoms. The van der Waals surface area contributed by atoms with Crippen molar-refractivity contribution in [2.75, 3.05) is 24.7 Å². The Hall–Kier alpha value is -2.57. The third-order valence-electron chi connectivity index (χ3n) is 2.87. The minimum atomic E-state index is -0.453. The van der Waals surface area contributed by atoms with Crippen LogP contribution in [0.5, 0.6) is 0 Å². The molecule has 0 spiro atoms. The molecule has 7 heteroatoms. The van der Waals surface area contributed by atoms with Crippen LogP contribution in [0, 0.1) is 6.92 Å². The van der Waals surface area contributed by atoms with Crippen molar-refractivity contribution in [3.8, 4) is 0 Å². The molecule has 2 aromatic rings. The fourth-order valence-corrected chi connectivity index (χ4v) is 1.80. The van der Waals surface area contributed by atoms with Crippen LogP contribution >= 0.6 is 0 Å². The predicted octanol–water partition coefficient (Wildman–Crippen LogP) is 1.40. The molecule has 0 radical (unpaired) electrons. The van der Waals surface area contributed by atoms with Gasteiger partial charge in [0.25, 0.3) is 0 Å². The molecule has 0 aliphatic rings. The first-order valence-corrected chi connectivity index (χ1v) is 6.09. The summed E-state index contributed by atoms with van der Waals surface area (Å²) >= 11 is 0. The molecular formula is C13H16N4O3.